The third-order valence-electron chi connectivity index (χ3n) is 5.10. The van der Waals surface area contributed by atoms with E-state index in [4.69, 9.17) is 21.1 Å². The molecule has 0 amide bonds. The molecular formula is C22H23ClN4O4S. The monoisotopic (exact) mass is 474 g/mol. The van der Waals surface area contributed by atoms with E-state index in [1.54, 1.807) is 30.3 Å². The molecule has 1 aliphatic rings. The molecule has 0 spiro atoms. The van der Waals surface area contributed by atoms with Crippen molar-refractivity contribution >= 4 is 33.1 Å². The quantitative estimate of drug-likeness (QED) is 0.579. The van der Waals surface area contributed by atoms with Crippen LogP contribution in [-0.4, -0.2) is 56.3 Å². The van der Waals surface area contributed by atoms with Gasteiger partial charge in [-0.1, -0.05) is 17.7 Å². The fourth-order valence-corrected chi connectivity index (χ4v) is 5.25. The van der Waals surface area contributed by atoms with Crippen molar-refractivity contribution in [2.75, 3.05) is 38.7 Å². The Balaban J connectivity index is 1.61. The number of morpholine rings is 1. The standard InChI is InChI=1S/C22H23ClN4O4S/c1-15-3-5-19(17(23)13-15)24-22-8-6-18(25-26-22)16-4-7-20(30-2)21(14-16)32(28,29)27-9-11-31-12-10-27/h3-8,13-14H,9-12H2,1-2H3,(H,24,26). The second kappa shape index (κ2) is 9.41. The third-order valence-corrected chi connectivity index (χ3v) is 7.33. The predicted octanol–water partition coefficient (Wildman–Crippen LogP) is 3.88. The molecule has 2 aromatic carbocycles. The van der Waals surface area contributed by atoms with Crippen LogP contribution in [0.15, 0.2) is 53.4 Å². The first-order valence-electron chi connectivity index (χ1n) is 10.0. The Kier molecular flexibility index (Phi) is 6.61. The maximum atomic E-state index is 13.2. The van der Waals surface area contributed by atoms with Crippen molar-refractivity contribution in [1.82, 2.24) is 14.5 Å². The maximum absolute atomic E-state index is 13.2. The molecule has 1 saturated heterocycles. The average molecular weight is 475 g/mol. The van der Waals surface area contributed by atoms with Crippen LogP contribution in [0.4, 0.5) is 11.5 Å². The fraction of sp³-hybridized carbons (Fsp3) is 0.273. The first-order chi connectivity index (χ1) is 15.4. The summed E-state index contributed by atoms with van der Waals surface area (Å²) in [5.41, 5.74) is 2.93. The Bertz CT molecular complexity index is 1210. The van der Waals surface area contributed by atoms with Crippen LogP contribution in [0.25, 0.3) is 11.3 Å². The number of rotatable bonds is 6. The molecule has 32 heavy (non-hydrogen) atoms. The number of hydrogen-bond donors (Lipinski definition) is 1. The number of nitrogens with one attached hydrogen (secondary N) is 1. The molecule has 0 saturated carbocycles. The highest BCUT2D eigenvalue weighted by atomic mass is 35.5. The van der Waals surface area contributed by atoms with Crippen LogP contribution < -0.4 is 10.1 Å². The van der Waals surface area contributed by atoms with Gasteiger partial charge < -0.3 is 14.8 Å². The van der Waals surface area contributed by atoms with Crippen LogP contribution in [0.1, 0.15) is 5.56 Å². The van der Waals surface area contributed by atoms with E-state index in [2.05, 4.69) is 15.5 Å². The van der Waals surface area contributed by atoms with E-state index in [0.29, 0.717) is 48.4 Å². The van der Waals surface area contributed by atoms with Crippen molar-refractivity contribution in [1.29, 1.82) is 0 Å². The normalized spacial score (nSPS) is 14.8. The van der Waals surface area contributed by atoms with E-state index in [1.165, 1.54) is 11.4 Å². The largest absolute Gasteiger partial charge is 0.495 e. The van der Waals surface area contributed by atoms with Gasteiger partial charge in [0.1, 0.15) is 10.6 Å². The van der Waals surface area contributed by atoms with Gasteiger partial charge in [-0.05, 0) is 55.0 Å². The maximum Gasteiger partial charge on any atom is 0.246 e. The molecule has 168 valence electrons. The molecule has 0 aliphatic carbocycles. The number of ether oxygens (including phenoxy) is 2. The zero-order chi connectivity index (χ0) is 22.7. The Morgan fingerprint density at radius 2 is 1.84 bits per heavy atom. The van der Waals surface area contributed by atoms with Gasteiger partial charge in [0.2, 0.25) is 10.0 Å². The van der Waals surface area contributed by atoms with E-state index in [-0.39, 0.29) is 10.6 Å². The number of aryl methyl sites for hydroxylation is 1. The van der Waals surface area contributed by atoms with E-state index in [9.17, 15) is 8.42 Å². The predicted molar refractivity (Wildman–Crippen MR) is 123 cm³/mol. The second-order valence-electron chi connectivity index (χ2n) is 7.29. The van der Waals surface area contributed by atoms with Gasteiger partial charge in [0.05, 0.1) is 36.7 Å². The molecule has 8 nitrogen and oxygen atoms in total. The van der Waals surface area contributed by atoms with Crippen LogP contribution in [-0.2, 0) is 14.8 Å². The summed E-state index contributed by atoms with van der Waals surface area (Å²) in [5, 5.41) is 12.2. The van der Waals surface area contributed by atoms with Crippen molar-refractivity contribution in [3.05, 3.63) is 59.1 Å². The van der Waals surface area contributed by atoms with Crippen molar-refractivity contribution < 1.29 is 17.9 Å². The minimum absolute atomic E-state index is 0.0924. The summed E-state index contributed by atoms with van der Waals surface area (Å²) in [7, 11) is -2.29. The summed E-state index contributed by atoms with van der Waals surface area (Å²) in [5.74, 6) is 0.801. The van der Waals surface area contributed by atoms with Crippen LogP contribution in [0.3, 0.4) is 0 Å². The molecule has 1 N–H and O–H groups in total. The van der Waals surface area contributed by atoms with Gasteiger partial charge in [0.25, 0.3) is 0 Å². The summed E-state index contributed by atoms with van der Waals surface area (Å²) in [4.78, 5) is 0.0924. The van der Waals surface area contributed by atoms with E-state index >= 15 is 0 Å². The van der Waals surface area contributed by atoms with Crippen molar-refractivity contribution in [2.45, 2.75) is 11.8 Å². The van der Waals surface area contributed by atoms with Gasteiger partial charge in [-0.15, -0.1) is 10.2 Å². The summed E-state index contributed by atoms with van der Waals surface area (Å²) in [6.07, 6.45) is 0. The number of benzene rings is 2. The Morgan fingerprint density at radius 1 is 1.06 bits per heavy atom. The second-order valence-corrected chi connectivity index (χ2v) is 9.61. The molecule has 0 atom stereocenters. The zero-order valence-electron chi connectivity index (χ0n) is 17.7. The number of methoxy groups -OCH3 is 1. The highest BCUT2D eigenvalue weighted by Gasteiger charge is 2.29. The van der Waals surface area contributed by atoms with Crippen molar-refractivity contribution in [3.8, 4) is 17.0 Å². The molecule has 10 heteroatoms. The first kappa shape index (κ1) is 22.5. The number of hydrogen-bond acceptors (Lipinski definition) is 7. The Labute approximate surface area is 192 Å². The van der Waals surface area contributed by atoms with Gasteiger partial charge >= 0.3 is 0 Å². The molecule has 1 fully saturated rings. The SMILES string of the molecule is COc1ccc(-c2ccc(Nc3ccc(C)cc3Cl)nn2)cc1S(=O)(=O)N1CCOCC1. The molecule has 1 aromatic heterocycles. The molecule has 4 rings (SSSR count). The lowest BCUT2D eigenvalue weighted by molar-refractivity contribution is 0.0729. The van der Waals surface area contributed by atoms with Gasteiger partial charge in [-0.3, -0.25) is 0 Å². The number of nitrogens with zero attached hydrogens (tertiary/aromatic N) is 3. The fourth-order valence-electron chi connectivity index (χ4n) is 3.38. The molecule has 0 bridgehead atoms. The minimum atomic E-state index is -3.74. The first-order valence-corrected chi connectivity index (χ1v) is 11.8. The summed E-state index contributed by atoms with van der Waals surface area (Å²) < 4.78 is 38.4. The Morgan fingerprint density at radius 3 is 2.50 bits per heavy atom. The molecule has 2 heterocycles. The average Bonchev–Trinajstić information content (AvgIpc) is 2.81. The van der Waals surface area contributed by atoms with Gasteiger partial charge in [0, 0.05) is 18.7 Å². The number of sulfonamides is 1. The third kappa shape index (κ3) is 4.71. The highest BCUT2D eigenvalue weighted by Crippen LogP contribution is 2.32. The lowest BCUT2D eigenvalue weighted by Crippen LogP contribution is -2.40. The highest BCUT2D eigenvalue weighted by molar-refractivity contribution is 7.89. The number of halogens is 1. The van der Waals surface area contributed by atoms with E-state index in [0.717, 1.165) is 11.3 Å². The van der Waals surface area contributed by atoms with Crippen LogP contribution in [0.5, 0.6) is 5.75 Å². The van der Waals surface area contributed by atoms with Crippen molar-refractivity contribution in [2.24, 2.45) is 0 Å². The van der Waals surface area contributed by atoms with Crippen molar-refractivity contribution in [3.63, 3.8) is 0 Å². The van der Waals surface area contributed by atoms with Gasteiger partial charge in [-0.2, -0.15) is 4.31 Å². The smallest absolute Gasteiger partial charge is 0.246 e. The summed E-state index contributed by atoms with van der Waals surface area (Å²) >= 11 is 6.27. The van der Waals surface area contributed by atoms with Gasteiger partial charge in [0.15, 0.2) is 5.82 Å². The van der Waals surface area contributed by atoms with Gasteiger partial charge in [-0.25, -0.2) is 8.42 Å². The summed E-state index contributed by atoms with van der Waals surface area (Å²) in [6, 6.07) is 14.2. The molecule has 0 unspecified atom stereocenters. The van der Waals surface area contributed by atoms with E-state index in [1.807, 2.05) is 25.1 Å². The molecular weight excluding hydrogens is 452 g/mol. The van der Waals surface area contributed by atoms with Crippen LogP contribution >= 0.6 is 11.6 Å². The molecule has 1 aliphatic heterocycles. The molecule has 0 radical (unpaired) electrons. The Hall–Kier alpha value is -2.72. The van der Waals surface area contributed by atoms with E-state index < -0.39 is 10.0 Å². The topological polar surface area (TPSA) is 93.7 Å². The van der Waals surface area contributed by atoms with Crippen LogP contribution in [0.2, 0.25) is 5.02 Å². The number of aromatic nitrogens is 2. The molecule has 3 aromatic rings. The minimum Gasteiger partial charge on any atom is -0.495 e. The number of anilines is 2. The lowest BCUT2D eigenvalue weighted by atomic mass is 10.1. The zero-order valence-corrected chi connectivity index (χ0v) is 19.3. The lowest BCUT2D eigenvalue weighted by Gasteiger charge is -2.26. The van der Waals surface area contributed by atoms with Crippen LogP contribution in [0, 0.1) is 6.92 Å². The summed E-state index contributed by atoms with van der Waals surface area (Å²) in [6.45, 7) is 3.31.